The minimum atomic E-state index is -1.17. The third kappa shape index (κ3) is 4.75. The molecule has 38 heavy (non-hydrogen) atoms. The highest BCUT2D eigenvalue weighted by Crippen LogP contribution is 2.55. The SMILES string of the molecule is CCOCCCN1C(=O)[C@@H]2C(C(=O)Nc3cccc(Cl)c3)[C@@H]3C=CC2(O3)C1C(=O)NC1CCCC(C)C1C. The number of carbonyl (C=O) groups excluding carboxylic acids is 3. The zero-order valence-electron chi connectivity index (χ0n) is 22.3. The highest BCUT2D eigenvalue weighted by Gasteiger charge is 2.72. The van der Waals surface area contributed by atoms with Gasteiger partial charge in [-0.2, -0.15) is 0 Å². The maximum Gasteiger partial charge on any atom is 0.246 e. The average molecular weight is 544 g/mol. The van der Waals surface area contributed by atoms with Gasteiger partial charge in [0.1, 0.15) is 11.6 Å². The lowest BCUT2D eigenvalue weighted by atomic mass is 9.73. The molecule has 3 aliphatic heterocycles. The Morgan fingerprint density at radius 3 is 2.82 bits per heavy atom. The maximum atomic E-state index is 14.0. The van der Waals surface area contributed by atoms with Crippen LogP contribution in [0.2, 0.25) is 5.02 Å². The Bertz CT molecular complexity index is 1110. The van der Waals surface area contributed by atoms with Crippen LogP contribution in [-0.4, -0.2) is 66.2 Å². The van der Waals surface area contributed by atoms with Crippen LogP contribution in [0.5, 0.6) is 0 Å². The molecule has 3 amide bonds. The number of ether oxygens (including phenoxy) is 2. The number of nitrogens with one attached hydrogen (secondary N) is 2. The Morgan fingerprint density at radius 2 is 2.05 bits per heavy atom. The smallest absolute Gasteiger partial charge is 0.246 e. The van der Waals surface area contributed by atoms with E-state index in [1.54, 1.807) is 29.2 Å². The largest absolute Gasteiger partial charge is 0.382 e. The molecule has 3 fully saturated rings. The highest BCUT2D eigenvalue weighted by molar-refractivity contribution is 6.30. The van der Waals surface area contributed by atoms with Gasteiger partial charge in [0.25, 0.3) is 0 Å². The molecule has 206 valence electrons. The molecule has 1 aromatic carbocycles. The van der Waals surface area contributed by atoms with Crippen molar-refractivity contribution in [3.63, 3.8) is 0 Å². The summed E-state index contributed by atoms with van der Waals surface area (Å²) in [7, 11) is 0. The molecule has 8 atom stereocenters. The molecular weight excluding hydrogens is 506 g/mol. The van der Waals surface area contributed by atoms with E-state index in [0.717, 1.165) is 19.3 Å². The number of benzene rings is 1. The van der Waals surface area contributed by atoms with Crippen LogP contribution < -0.4 is 10.6 Å². The molecule has 2 saturated heterocycles. The molecule has 6 unspecified atom stereocenters. The van der Waals surface area contributed by atoms with Gasteiger partial charge in [-0.05, 0) is 49.8 Å². The van der Waals surface area contributed by atoms with E-state index < -0.39 is 29.6 Å². The van der Waals surface area contributed by atoms with Crippen molar-refractivity contribution in [1.82, 2.24) is 10.2 Å². The predicted molar refractivity (Wildman–Crippen MR) is 145 cm³/mol. The molecule has 0 aromatic heterocycles. The summed E-state index contributed by atoms with van der Waals surface area (Å²) in [6.45, 7) is 7.76. The molecule has 1 saturated carbocycles. The Kier molecular flexibility index (Phi) is 7.85. The lowest BCUT2D eigenvalue weighted by Crippen LogP contribution is -2.58. The Hall–Kier alpha value is -2.42. The second-order valence-electron chi connectivity index (χ2n) is 11.2. The topological polar surface area (TPSA) is 97.0 Å². The summed E-state index contributed by atoms with van der Waals surface area (Å²) in [5.74, 6) is -1.39. The first-order valence-electron chi connectivity index (χ1n) is 13.9. The summed E-state index contributed by atoms with van der Waals surface area (Å²) in [4.78, 5) is 43.1. The number of halogens is 1. The number of rotatable bonds is 9. The van der Waals surface area contributed by atoms with E-state index in [9.17, 15) is 14.4 Å². The van der Waals surface area contributed by atoms with Crippen molar-refractivity contribution < 1.29 is 23.9 Å². The van der Waals surface area contributed by atoms with Crippen LogP contribution in [0.25, 0.3) is 0 Å². The van der Waals surface area contributed by atoms with Crippen LogP contribution in [0, 0.1) is 23.7 Å². The van der Waals surface area contributed by atoms with Crippen LogP contribution in [0.3, 0.4) is 0 Å². The second-order valence-corrected chi connectivity index (χ2v) is 11.6. The number of fused-ring (bicyclic) bond motifs is 1. The van der Waals surface area contributed by atoms with E-state index in [2.05, 4.69) is 24.5 Å². The van der Waals surface area contributed by atoms with Gasteiger partial charge in [0.2, 0.25) is 17.7 Å². The zero-order chi connectivity index (χ0) is 27.0. The fourth-order valence-corrected chi connectivity index (χ4v) is 7.02. The first kappa shape index (κ1) is 27.2. The summed E-state index contributed by atoms with van der Waals surface area (Å²) in [6, 6.07) is 6.11. The lowest BCUT2D eigenvalue weighted by molar-refractivity contribution is -0.141. The maximum absolute atomic E-state index is 14.0. The molecule has 3 heterocycles. The van der Waals surface area contributed by atoms with Gasteiger partial charge in [0, 0.05) is 36.5 Å². The molecule has 2 N–H and O–H groups in total. The average Bonchev–Trinajstić information content (AvgIpc) is 3.52. The molecule has 1 aliphatic carbocycles. The summed E-state index contributed by atoms with van der Waals surface area (Å²) in [5.41, 5.74) is -0.617. The molecule has 1 spiro atoms. The third-order valence-corrected chi connectivity index (χ3v) is 9.18. The van der Waals surface area contributed by atoms with Gasteiger partial charge in [-0.25, -0.2) is 0 Å². The Labute approximate surface area is 229 Å². The minimum absolute atomic E-state index is 0.0478. The number of carbonyl (C=O) groups is 3. The summed E-state index contributed by atoms with van der Waals surface area (Å²) in [6.07, 6.45) is 6.85. The first-order chi connectivity index (χ1) is 18.3. The third-order valence-electron chi connectivity index (χ3n) is 8.94. The quantitative estimate of drug-likeness (QED) is 0.365. The lowest BCUT2D eigenvalue weighted by Gasteiger charge is -2.38. The highest BCUT2D eigenvalue weighted by atomic mass is 35.5. The van der Waals surface area contributed by atoms with Crippen LogP contribution in [-0.2, 0) is 23.9 Å². The van der Waals surface area contributed by atoms with Gasteiger partial charge < -0.3 is 25.0 Å². The van der Waals surface area contributed by atoms with Gasteiger partial charge in [-0.3, -0.25) is 14.4 Å². The summed E-state index contributed by atoms with van der Waals surface area (Å²) in [5, 5.41) is 6.69. The normalized spacial score (nSPS) is 35.4. The van der Waals surface area contributed by atoms with Crippen molar-refractivity contribution >= 4 is 35.0 Å². The van der Waals surface area contributed by atoms with Crippen LogP contribution in [0.15, 0.2) is 36.4 Å². The fraction of sp³-hybridized carbons (Fsp3) is 0.621. The van der Waals surface area contributed by atoms with Crippen LogP contribution >= 0.6 is 11.6 Å². The van der Waals surface area contributed by atoms with Gasteiger partial charge in [0.15, 0.2) is 0 Å². The first-order valence-corrected chi connectivity index (χ1v) is 14.3. The van der Waals surface area contributed by atoms with Gasteiger partial charge in [-0.1, -0.05) is 56.5 Å². The van der Waals surface area contributed by atoms with Crippen molar-refractivity contribution in [2.24, 2.45) is 23.7 Å². The molecule has 5 rings (SSSR count). The van der Waals surface area contributed by atoms with Gasteiger partial charge in [-0.15, -0.1) is 0 Å². The van der Waals surface area contributed by atoms with E-state index in [1.165, 1.54) is 0 Å². The second kappa shape index (κ2) is 11.0. The van der Waals surface area contributed by atoms with Crippen molar-refractivity contribution in [3.8, 4) is 0 Å². The van der Waals surface area contributed by atoms with Crippen molar-refractivity contribution in [2.45, 2.75) is 70.2 Å². The molecule has 4 aliphatic rings. The summed E-state index contributed by atoms with van der Waals surface area (Å²) < 4.78 is 11.9. The van der Waals surface area contributed by atoms with E-state index in [1.807, 2.05) is 19.1 Å². The number of hydrogen-bond acceptors (Lipinski definition) is 5. The number of anilines is 1. The van der Waals surface area contributed by atoms with Crippen molar-refractivity contribution in [1.29, 1.82) is 0 Å². The Balaban J connectivity index is 1.41. The van der Waals surface area contributed by atoms with Crippen molar-refractivity contribution in [3.05, 3.63) is 41.4 Å². The van der Waals surface area contributed by atoms with E-state index >= 15 is 0 Å². The zero-order valence-corrected chi connectivity index (χ0v) is 23.1. The molecule has 9 heteroatoms. The van der Waals surface area contributed by atoms with Crippen LogP contribution in [0.4, 0.5) is 5.69 Å². The summed E-state index contributed by atoms with van der Waals surface area (Å²) >= 11 is 6.10. The number of nitrogens with zero attached hydrogens (tertiary/aromatic N) is 1. The van der Waals surface area contributed by atoms with Gasteiger partial charge in [0.05, 0.1) is 17.9 Å². The van der Waals surface area contributed by atoms with Crippen LogP contribution in [0.1, 0.15) is 46.5 Å². The minimum Gasteiger partial charge on any atom is -0.382 e. The molecule has 0 radical (unpaired) electrons. The molecule has 8 nitrogen and oxygen atoms in total. The molecular formula is C29H38ClN3O5. The van der Waals surface area contributed by atoms with E-state index in [0.29, 0.717) is 48.7 Å². The standard InChI is InChI=1S/C29H38ClN3O5/c1-4-37-15-7-14-33-25(27(35)32-21-11-5-8-17(2)18(21)3)29-13-12-22(38-29)23(24(29)28(33)36)26(34)31-20-10-6-9-19(30)16-20/h6,9-10,12-13,16-18,21-25H,4-5,7-8,11,14-15H2,1-3H3,(H,31,34)(H,32,35)/t17?,18?,21?,22-,23?,24-,25?,29?/m0/s1. The van der Waals surface area contributed by atoms with E-state index in [-0.39, 0.29) is 23.8 Å². The fourth-order valence-electron chi connectivity index (χ4n) is 6.83. The number of amides is 3. The monoisotopic (exact) mass is 543 g/mol. The number of hydrogen-bond donors (Lipinski definition) is 2. The Morgan fingerprint density at radius 1 is 1.24 bits per heavy atom. The molecule has 2 bridgehead atoms. The van der Waals surface area contributed by atoms with Crippen molar-refractivity contribution in [2.75, 3.05) is 25.1 Å². The predicted octanol–water partition coefficient (Wildman–Crippen LogP) is 3.80. The molecule has 1 aromatic rings. The van der Waals surface area contributed by atoms with E-state index in [4.69, 9.17) is 21.1 Å². The van der Waals surface area contributed by atoms with Gasteiger partial charge >= 0.3 is 0 Å². The number of likely N-dealkylation sites (tertiary alicyclic amines) is 1.